The SMILES string of the molecule is Cc1ccc(NC(=O)N2CCOC(CN(C)CC(N)=O)C2)nc1. The molecule has 0 radical (unpaired) electrons. The van der Waals surface area contributed by atoms with Crippen LogP contribution < -0.4 is 11.1 Å². The molecular formula is C15H23N5O3. The molecule has 1 unspecified atom stereocenters. The molecule has 2 rings (SSSR count). The van der Waals surface area contributed by atoms with Crippen LogP contribution in [0.3, 0.4) is 0 Å². The normalized spacial score (nSPS) is 18.0. The number of morpholine rings is 1. The van der Waals surface area contributed by atoms with Crippen molar-refractivity contribution in [1.29, 1.82) is 0 Å². The number of nitrogens with one attached hydrogen (secondary N) is 1. The average molecular weight is 321 g/mol. The predicted molar refractivity (Wildman–Crippen MR) is 86.0 cm³/mol. The molecule has 8 nitrogen and oxygen atoms in total. The zero-order valence-corrected chi connectivity index (χ0v) is 13.5. The van der Waals surface area contributed by atoms with Gasteiger partial charge in [-0.3, -0.25) is 15.0 Å². The van der Waals surface area contributed by atoms with Gasteiger partial charge < -0.3 is 15.4 Å². The van der Waals surface area contributed by atoms with Gasteiger partial charge in [0, 0.05) is 25.8 Å². The molecule has 1 fully saturated rings. The van der Waals surface area contributed by atoms with E-state index >= 15 is 0 Å². The van der Waals surface area contributed by atoms with Gasteiger partial charge >= 0.3 is 6.03 Å². The van der Waals surface area contributed by atoms with Gasteiger partial charge in [-0.25, -0.2) is 9.78 Å². The van der Waals surface area contributed by atoms with Crippen molar-refractivity contribution in [1.82, 2.24) is 14.8 Å². The van der Waals surface area contributed by atoms with Crippen molar-refractivity contribution in [2.45, 2.75) is 13.0 Å². The van der Waals surface area contributed by atoms with E-state index in [2.05, 4.69) is 10.3 Å². The van der Waals surface area contributed by atoms with Crippen molar-refractivity contribution in [2.24, 2.45) is 5.73 Å². The number of pyridine rings is 1. The van der Waals surface area contributed by atoms with Gasteiger partial charge in [-0.05, 0) is 25.6 Å². The highest BCUT2D eigenvalue weighted by Crippen LogP contribution is 2.10. The van der Waals surface area contributed by atoms with Gasteiger partial charge in [-0.2, -0.15) is 0 Å². The Morgan fingerprint density at radius 2 is 2.30 bits per heavy atom. The number of rotatable bonds is 5. The second-order valence-corrected chi connectivity index (χ2v) is 5.75. The Morgan fingerprint density at radius 3 is 2.96 bits per heavy atom. The third-order valence-corrected chi connectivity index (χ3v) is 3.51. The molecule has 1 aliphatic rings. The molecule has 0 bridgehead atoms. The lowest BCUT2D eigenvalue weighted by atomic mass is 10.2. The van der Waals surface area contributed by atoms with Crippen LogP contribution in [0.5, 0.6) is 0 Å². The molecule has 1 aliphatic heterocycles. The van der Waals surface area contributed by atoms with Gasteiger partial charge in [0.25, 0.3) is 0 Å². The summed E-state index contributed by atoms with van der Waals surface area (Å²) in [5, 5.41) is 2.78. The minimum Gasteiger partial charge on any atom is -0.373 e. The standard InChI is InChI=1S/C15H23N5O3/c1-11-3-4-14(17-7-11)18-15(22)20-5-6-23-12(9-20)8-19(2)10-13(16)21/h3-4,7,12H,5-6,8-10H2,1-2H3,(H2,16,21)(H,17,18,22). The van der Waals surface area contributed by atoms with Crippen molar-refractivity contribution >= 4 is 17.8 Å². The van der Waals surface area contributed by atoms with Gasteiger partial charge in [0.1, 0.15) is 5.82 Å². The molecule has 0 saturated carbocycles. The second-order valence-electron chi connectivity index (χ2n) is 5.75. The number of ether oxygens (including phenoxy) is 1. The van der Waals surface area contributed by atoms with Crippen LogP contribution in [0, 0.1) is 6.92 Å². The highest BCUT2D eigenvalue weighted by atomic mass is 16.5. The Hall–Kier alpha value is -2.19. The number of hydrogen-bond donors (Lipinski definition) is 2. The number of nitrogens with two attached hydrogens (primary N) is 1. The first-order valence-electron chi connectivity index (χ1n) is 7.51. The van der Waals surface area contributed by atoms with E-state index in [1.54, 1.807) is 29.1 Å². The number of nitrogens with zero attached hydrogens (tertiary/aromatic N) is 3. The van der Waals surface area contributed by atoms with Crippen LogP contribution in [0.4, 0.5) is 10.6 Å². The molecule has 1 aromatic heterocycles. The monoisotopic (exact) mass is 321 g/mol. The van der Waals surface area contributed by atoms with Gasteiger partial charge in [0.05, 0.1) is 19.3 Å². The number of carbonyl (C=O) groups is 2. The smallest absolute Gasteiger partial charge is 0.323 e. The van der Waals surface area contributed by atoms with Crippen LogP contribution in [-0.2, 0) is 9.53 Å². The number of anilines is 1. The summed E-state index contributed by atoms with van der Waals surface area (Å²) >= 11 is 0. The van der Waals surface area contributed by atoms with Gasteiger partial charge in [-0.1, -0.05) is 6.07 Å². The minimum absolute atomic E-state index is 0.148. The predicted octanol–water partition coefficient (Wildman–Crippen LogP) is 0.0398. The second kappa shape index (κ2) is 7.89. The van der Waals surface area contributed by atoms with Crippen LogP contribution in [0.25, 0.3) is 0 Å². The highest BCUT2D eigenvalue weighted by Gasteiger charge is 2.25. The third kappa shape index (κ3) is 5.50. The number of hydrogen-bond acceptors (Lipinski definition) is 5. The lowest BCUT2D eigenvalue weighted by molar-refractivity contribution is -0.119. The molecule has 1 saturated heterocycles. The number of aromatic nitrogens is 1. The van der Waals surface area contributed by atoms with Crippen molar-refractivity contribution < 1.29 is 14.3 Å². The molecule has 3 amide bonds. The van der Waals surface area contributed by atoms with Gasteiger partial charge in [-0.15, -0.1) is 0 Å². The van der Waals surface area contributed by atoms with E-state index in [0.29, 0.717) is 32.1 Å². The molecule has 2 heterocycles. The zero-order chi connectivity index (χ0) is 16.8. The van der Waals surface area contributed by atoms with E-state index in [-0.39, 0.29) is 24.6 Å². The summed E-state index contributed by atoms with van der Waals surface area (Å²) in [6.07, 6.45) is 1.56. The summed E-state index contributed by atoms with van der Waals surface area (Å²) in [7, 11) is 1.79. The largest absolute Gasteiger partial charge is 0.373 e. The summed E-state index contributed by atoms with van der Waals surface area (Å²) in [6, 6.07) is 3.46. The van der Waals surface area contributed by atoms with Crippen LogP contribution in [0.15, 0.2) is 18.3 Å². The molecule has 1 aromatic rings. The molecule has 0 aromatic carbocycles. The zero-order valence-electron chi connectivity index (χ0n) is 13.5. The Morgan fingerprint density at radius 1 is 1.52 bits per heavy atom. The Balaban J connectivity index is 1.86. The maximum absolute atomic E-state index is 12.3. The first-order valence-corrected chi connectivity index (χ1v) is 7.51. The third-order valence-electron chi connectivity index (χ3n) is 3.51. The molecular weight excluding hydrogens is 298 g/mol. The van der Waals surface area contributed by atoms with Crippen LogP contribution in [-0.4, -0.2) is 72.7 Å². The highest BCUT2D eigenvalue weighted by molar-refractivity contribution is 5.88. The van der Waals surface area contributed by atoms with Crippen molar-refractivity contribution in [3.63, 3.8) is 0 Å². The molecule has 126 valence electrons. The maximum atomic E-state index is 12.3. The average Bonchev–Trinajstić information content (AvgIpc) is 2.49. The first kappa shape index (κ1) is 17.2. The van der Waals surface area contributed by atoms with Crippen molar-refractivity contribution in [3.8, 4) is 0 Å². The van der Waals surface area contributed by atoms with Crippen LogP contribution in [0.1, 0.15) is 5.56 Å². The lowest BCUT2D eigenvalue weighted by Gasteiger charge is -2.34. The van der Waals surface area contributed by atoms with E-state index in [1.165, 1.54) is 0 Å². The van der Waals surface area contributed by atoms with E-state index < -0.39 is 0 Å². The molecule has 0 aliphatic carbocycles. The molecule has 23 heavy (non-hydrogen) atoms. The fourth-order valence-electron chi connectivity index (χ4n) is 2.42. The number of aryl methyl sites for hydroxylation is 1. The summed E-state index contributed by atoms with van der Waals surface area (Å²) < 4.78 is 5.65. The van der Waals surface area contributed by atoms with Crippen LogP contribution >= 0.6 is 0 Å². The van der Waals surface area contributed by atoms with E-state index in [4.69, 9.17) is 10.5 Å². The topological polar surface area (TPSA) is 101 Å². The fourth-order valence-corrected chi connectivity index (χ4v) is 2.42. The number of urea groups is 1. The van der Waals surface area contributed by atoms with E-state index in [1.807, 2.05) is 13.0 Å². The first-order chi connectivity index (χ1) is 10.9. The lowest BCUT2D eigenvalue weighted by Crippen LogP contribution is -2.51. The van der Waals surface area contributed by atoms with Crippen LogP contribution in [0.2, 0.25) is 0 Å². The number of carbonyl (C=O) groups excluding carboxylic acids is 2. The number of primary amides is 1. The molecule has 0 spiro atoms. The number of amides is 3. The fraction of sp³-hybridized carbons (Fsp3) is 0.533. The Bertz CT molecular complexity index is 549. The van der Waals surface area contributed by atoms with Gasteiger partial charge in [0.2, 0.25) is 5.91 Å². The Kier molecular flexibility index (Phi) is 5.89. The molecule has 3 N–H and O–H groups in total. The summed E-state index contributed by atoms with van der Waals surface area (Å²) in [4.78, 5) is 30.8. The summed E-state index contributed by atoms with van der Waals surface area (Å²) in [6.45, 7) is 4.08. The van der Waals surface area contributed by atoms with Crippen molar-refractivity contribution in [3.05, 3.63) is 23.9 Å². The number of likely N-dealkylation sites (N-methyl/N-ethyl adjacent to an activating group) is 1. The quantitative estimate of drug-likeness (QED) is 0.797. The van der Waals surface area contributed by atoms with Crippen molar-refractivity contribution in [2.75, 3.05) is 45.2 Å². The minimum atomic E-state index is -0.386. The maximum Gasteiger partial charge on any atom is 0.323 e. The molecule has 8 heteroatoms. The molecule has 1 atom stereocenters. The van der Waals surface area contributed by atoms with Gasteiger partial charge in [0.15, 0.2) is 0 Å². The Labute approximate surface area is 135 Å². The summed E-state index contributed by atoms with van der Waals surface area (Å²) in [5.74, 6) is 0.137. The summed E-state index contributed by atoms with van der Waals surface area (Å²) in [5.41, 5.74) is 6.20. The van der Waals surface area contributed by atoms with E-state index in [9.17, 15) is 9.59 Å². The van der Waals surface area contributed by atoms with E-state index in [0.717, 1.165) is 5.56 Å².